The van der Waals surface area contributed by atoms with Crippen molar-refractivity contribution < 1.29 is 9.90 Å². The van der Waals surface area contributed by atoms with Gasteiger partial charge in [0.2, 0.25) is 0 Å². The lowest BCUT2D eigenvalue weighted by molar-refractivity contribution is -0.135. The second-order valence-corrected chi connectivity index (χ2v) is 2.99. The molecule has 0 unspecified atom stereocenters. The minimum atomic E-state index is -0.828. The van der Waals surface area contributed by atoms with Crippen LogP contribution in [0.2, 0.25) is 0 Å². The Kier molecular flexibility index (Phi) is 8.06. The maximum absolute atomic E-state index is 10.1. The van der Waals surface area contributed by atoms with Crippen molar-refractivity contribution in [3.8, 4) is 6.07 Å². The summed E-state index contributed by atoms with van der Waals surface area (Å²) >= 11 is 1.41. The molecule has 0 radical (unpaired) electrons. The largest absolute Gasteiger partial charge is 0.481 e. The van der Waals surface area contributed by atoms with Crippen LogP contribution >= 0.6 is 11.8 Å². The van der Waals surface area contributed by atoms with Crippen LogP contribution in [0.25, 0.3) is 0 Å². The van der Waals surface area contributed by atoms with Crippen LogP contribution in [0, 0.1) is 11.3 Å². The van der Waals surface area contributed by atoms with Gasteiger partial charge in [-0.3, -0.25) is 4.79 Å². The summed E-state index contributed by atoms with van der Waals surface area (Å²) in [5.74, 6) is -0.828. The van der Waals surface area contributed by atoms with Crippen LogP contribution in [0.3, 0.4) is 0 Å². The van der Waals surface area contributed by atoms with Crippen LogP contribution in [0.4, 0.5) is 0 Å². The minimum Gasteiger partial charge on any atom is -0.481 e. The molecule has 0 saturated carbocycles. The van der Waals surface area contributed by atoms with Gasteiger partial charge in [0.05, 0.1) is 12.5 Å². The molecule has 70 valence electrons. The molecule has 0 aromatic rings. The summed E-state index contributed by atoms with van der Waals surface area (Å²) in [5, 5.41) is 20.0. The molecule has 4 heteroatoms. The van der Waals surface area contributed by atoms with Gasteiger partial charge in [0.1, 0.15) is 0 Å². The summed E-state index contributed by atoms with van der Waals surface area (Å²) in [6.07, 6.45) is 4.80. The molecule has 0 saturated heterocycles. The third kappa shape index (κ3) is 10.8. The van der Waals surface area contributed by atoms with Gasteiger partial charge >= 0.3 is 5.97 Å². The number of rotatable bonds is 6. The number of aliphatic carboxylic acids is 1. The molecule has 0 aliphatic rings. The topological polar surface area (TPSA) is 61.1 Å². The fourth-order valence-corrected chi connectivity index (χ4v) is 1.07. The van der Waals surface area contributed by atoms with Crippen LogP contribution in [0.1, 0.15) is 19.3 Å². The molecule has 13 heavy (non-hydrogen) atoms. The van der Waals surface area contributed by atoms with Gasteiger partial charge in [-0.1, -0.05) is 12.2 Å². The van der Waals surface area contributed by atoms with Gasteiger partial charge in [-0.05, 0) is 17.2 Å². The smallest absolute Gasteiger partial charge is 0.307 e. The number of carboxylic acid groups (broad SMARTS) is 1. The highest BCUT2D eigenvalue weighted by Gasteiger charge is 1.87. The third-order valence-corrected chi connectivity index (χ3v) is 1.76. The average Bonchev–Trinajstić information content (AvgIpc) is 2.09. The van der Waals surface area contributed by atoms with E-state index in [4.69, 9.17) is 10.4 Å². The summed E-state index contributed by atoms with van der Waals surface area (Å²) in [6, 6.07) is 2.03. The fraction of sp³-hybridized carbons (Fsp3) is 0.333. The first-order valence-electron chi connectivity index (χ1n) is 3.81. The zero-order chi connectivity index (χ0) is 9.94. The molecule has 0 rings (SSSR count). The molecule has 0 fully saturated rings. The van der Waals surface area contributed by atoms with E-state index in [1.165, 1.54) is 11.8 Å². The number of nitriles is 1. The van der Waals surface area contributed by atoms with E-state index in [2.05, 4.69) is 0 Å². The van der Waals surface area contributed by atoms with E-state index >= 15 is 0 Å². The van der Waals surface area contributed by atoms with Crippen LogP contribution in [-0.4, -0.2) is 11.1 Å². The van der Waals surface area contributed by atoms with Crippen molar-refractivity contribution in [1.29, 1.82) is 5.26 Å². The number of nitrogens with zero attached hydrogens (tertiary/aromatic N) is 1. The van der Waals surface area contributed by atoms with Crippen molar-refractivity contribution in [2.24, 2.45) is 0 Å². The van der Waals surface area contributed by atoms with Gasteiger partial charge in [0.15, 0.2) is 0 Å². The molecule has 3 nitrogen and oxygen atoms in total. The summed E-state index contributed by atoms with van der Waals surface area (Å²) in [4.78, 5) is 10.1. The van der Waals surface area contributed by atoms with Gasteiger partial charge in [-0.2, -0.15) is 5.26 Å². The van der Waals surface area contributed by atoms with Gasteiger partial charge in [0, 0.05) is 6.42 Å². The molecule has 0 bridgehead atoms. The molecule has 0 heterocycles. The predicted octanol–water partition coefficient (Wildman–Crippen LogP) is 2.53. The van der Waals surface area contributed by atoms with Crippen molar-refractivity contribution in [1.82, 2.24) is 0 Å². The van der Waals surface area contributed by atoms with Crippen molar-refractivity contribution in [3.05, 3.63) is 23.0 Å². The number of allylic oxidation sites excluding steroid dienone is 1. The van der Waals surface area contributed by atoms with Crippen LogP contribution in [0.5, 0.6) is 0 Å². The lowest BCUT2D eigenvalue weighted by Gasteiger charge is -1.83. The third-order valence-electron chi connectivity index (χ3n) is 1.06. The van der Waals surface area contributed by atoms with E-state index in [9.17, 15) is 4.79 Å². The number of thioether (sulfide) groups is 1. The Bertz CT molecular complexity index is 240. The van der Waals surface area contributed by atoms with Gasteiger partial charge in [-0.25, -0.2) is 0 Å². The van der Waals surface area contributed by atoms with Gasteiger partial charge < -0.3 is 5.11 Å². The highest BCUT2D eigenvalue weighted by Crippen LogP contribution is 2.05. The second-order valence-electron chi connectivity index (χ2n) is 2.17. The van der Waals surface area contributed by atoms with Crippen LogP contribution in [-0.2, 0) is 4.79 Å². The summed E-state index contributed by atoms with van der Waals surface area (Å²) in [6.45, 7) is 0. The fourth-order valence-electron chi connectivity index (χ4n) is 0.521. The first-order chi connectivity index (χ1) is 6.27. The Morgan fingerprint density at radius 2 is 2.15 bits per heavy atom. The molecule has 0 amide bonds. The highest BCUT2D eigenvalue weighted by molar-refractivity contribution is 8.04. The second kappa shape index (κ2) is 8.88. The van der Waals surface area contributed by atoms with E-state index in [0.717, 1.165) is 6.42 Å². The molecule has 0 aliphatic carbocycles. The normalized spacial score (nSPS) is 10.7. The number of carboxylic acids is 1. The number of hydrogen-bond donors (Lipinski definition) is 1. The SMILES string of the molecule is N#CCCC=CSC=CCC(=O)O. The lowest BCUT2D eigenvalue weighted by Crippen LogP contribution is -1.88. The standard InChI is InChI=1S/C9H11NO2S/c10-6-2-1-3-7-13-8-4-5-9(11)12/h3-4,7-8H,1-2,5H2,(H,11,12). The van der Waals surface area contributed by atoms with E-state index < -0.39 is 5.97 Å². The first kappa shape index (κ1) is 11.8. The quantitative estimate of drug-likeness (QED) is 0.664. The maximum Gasteiger partial charge on any atom is 0.307 e. The zero-order valence-electron chi connectivity index (χ0n) is 7.14. The Labute approximate surface area is 81.8 Å². The van der Waals surface area contributed by atoms with E-state index in [0.29, 0.717) is 6.42 Å². The monoisotopic (exact) mass is 197 g/mol. The molecule has 1 N–H and O–H groups in total. The van der Waals surface area contributed by atoms with Crippen molar-refractivity contribution in [3.63, 3.8) is 0 Å². The summed E-state index contributed by atoms with van der Waals surface area (Å²) < 4.78 is 0. The molecule has 0 aliphatic heterocycles. The Morgan fingerprint density at radius 3 is 2.77 bits per heavy atom. The number of unbranched alkanes of at least 4 members (excludes halogenated alkanes) is 1. The Hall–Kier alpha value is -1.21. The molecule has 0 atom stereocenters. The Balaban J connectivity index is 3.34. The van der Waals surface area contributed by atoms with E-state index in [1.807, 2.05) is 17.6 Å². The van der Waals surface area contributed by atoms with Crippen molar-refractivity contribution >= 4 is 17.7 Å². The lowest BCUT2D eigenvalue weighted by atomic mass is 10.3. The molecular formula is C9H11NO2S. The van der Waals surface area contributed by atoms with Gasteiger partial charge in [0.25, 0.3) is 0 Å². The average molecular weight is 197 g/mol. The van der Waals surface area contributed by atoms with Crippen molar-refractivity contribution in [2.75, 3.05) is 0 Å². The van der Waals surface area contributed by atoms with Crippen LogP contribution < -0.4 is 0 Å². The molecule has 0 aromatic heterocycles. The first-order valence-corrected chi connectivity index (χ1v) is 4.76. The molecule has 0 aromatic carbocycles. The van der Waals surface area contributed by atoms with Gasteiger partial charge in [-0.15, -0.1) is 11.8 Å². The predicted molar refractivity (Wildman–Crippen MR) is 53.0 cm³/mol. The van der Waals surface area contributed by atoms with Crippen molar-refractivity contribution in [2.45, 2.75) is 19.3 Å². The molecular weight excluding hydrogens is 186 g/mol. The minimum absolute atomic E-state index is 0.0546. The van der Waals surface area contributed by atoms with E-state index in [1.54, 1.807) is 11.5 Å². The maximum atomic E-state index is 10.1. The zero-order valence-corrected chi connectivity index (χ0v) is 7.96. The summed E-state index contributed by atoms with van der Waals surface area (Å²) in [5.41, 5.74) is 0. The molecule has 0 spiro atoms. The highest BCUT2D eigenvalue weighted by atomic mass is 32.2. The van der Waals surface area contributed by atoms with Crippen LogP contribution in [0.15, 0.2) is 23.0 Å². The Morgan fingerprint density at radius 1 is 1.46 bits per heavy atom. The summed E-state index contributed by atoms with van der Waals surface area (Å²) in [7, 11) is 0. The number of carbonyl (C=O) groups is 1. The van der Waals surface area contributed by atoms with E-state index in [-0.39, 0.29) is 6.42 Å². The number of hydrogen-bond acceptors (Lipinski definition) is 3.